The maximum absolute atomic E-state index is 13.0. The van der Waals surface area contributed by atoms with Gasteiger partial charge in [-0.15, -0.1) is 0 Å². The van der Waals surface area contributed by atoms with Gasteiger partial charge in [0.15, 0.2) is 0 Å². The summed E-state index contributed by atoms with van der Waals surface area (Å²) in [6.07, 6.45) is 3.43. The van der Waals surface area contributed by atoms with E-state index in [1.165, 1.54) is 41.4 Å². The van der Waals surface area contributed by atoms with Crippen molar-refractivity contribution in [3.05, 3.63) is 30.1 Å². The smallest absolute Gasteiger partial charge is 0.243 e. The van der Waals surface area contributed by atoms with Gasteiger partial charge in [0.1, 0.15) is 11.4 Å². The van der Waals surface area contributed by atoms with Crippen molar-refractivity contribution in [3.63, 3.8) is 0 Å². The largest absolute Gasteiger partial charge is 0.381 e. The summed E-state index contributed by atoms with van der Waals surface area (Å²) in [4.78, 5) is 0.123. The fraction of sp³-hybridized carbons (Fsp3) is 0.647. The van der Waals surface area contributed by atoms with Crippen LogP contribution in [0.25, 0.3) is 0 Å². The van der Waals surface area contributed by atoms with Crippen LogP contribution in [0, 0.1) is 17.7 Å². The van der Waals surface area contributed by atoms with E-state index in [2.05, 4.69) is 0 Å². The van der Waals surface area contributed by atoms with Gasteiger partial charge in [0.25, 0.3) is 0 Å². The van der Waals surface area contributed by atoms with Gasteiger partial charge < -0.3 is 9.47 Å². The van der Waals surface area contributed by atoms with Crippen LogP contribution in [0.4, 0.5) is 4.39 Å². The minimum absolute atomic E-state index is 0.123. The third kappa shape index (κ3) is 2.98. The zero-order chi connectivity index (χ0) is 16.8. The van der Waals surface area contributed by atoms with Crippen molar-refractivity contribution in [3.8, 4) is 0 Å². The van der Waals surface area contributed by atoms with Gasteiger partial charge in [-0.05, 0) is 49.4 Å². The highest BCUT2D eigenvalue weighted by molar-refractivity contribution is 7.89. The molecule has 3 fully saturated rings. The van der Waals surface area contributed by atoms with Crippen LogP contribution in [0.15, 0.2) is 29.2 Å². The Hall–Kier alpha value is -1.02. The lowest BCUT2D eigenvalue weighted by molar-refractivity contribution is -0.114. The summed E-state index contributed by atoms with van der Waals surface area (Å²) in [5.74, 6) is 0.525. The monoisotopic (exact) mass is 355 g/mol. The molecule has 0 unspecified atom stereocenters. The Morgan fingerprint density at radius 3 is 2.54 bits per heavy atom. The predicted molar refractivity (Wildman–Crippen MR) is 85.5 cm³/mol. The third-order valence-electron chi connectivity index (χ3n) is 5.31. The summed E-state index contributed by atoms with van der Waals surface area (Å²) in [5.41, 5.74) is -0.406. The molecule has 4 rings (SSSR count). The molecular formula is C17H22FNO4S. The Morgan fingerprint density at radius 2 is 1.88 bits per heavy atom. The van der Waals surface area contributed by atoms with Crippen molar-refractivity contribution in [2.24, 2.45) is 11.8 Å². The summed E-state index contributed by atoms with van der Waals surface area (Å²) in [6.45, 7) is 2.81. The number of nitrogens with zero attached hydrogens (tertiary/aromatic N) is 1. The van der Waals surface area contributed by atoms with Crippen molar-refractivity contribution in [2.75, 3.05) is 32.9 Å². The quantitative estimate of drug-likeness (QED) is 0.784. The molecule has 24 heavy (non-hydrogen) atoms. The van der Waals surface area contributed by atoms with E-state index >= 15 is 0 Å². The number of rotatable bonds is 6. The lowest BCUT2D eigenvalue weighted by Gasteiger charge is -2.49. The van der Waals surface area contributed by atoms with Crippen LogP contribution >= 0.6 is 0 Å². The molecule has 7 heteroatoms. The van der Waals surface area contributed by atoms with Gasteiger partial charge in [-0.25, -0.2) is 12.8 Å². The number of halogens is 1. The van der Waals surface area contributed by atoms with Crippen LogP contribution in [-0.4, -0.2) is 51.2 Å². The van der Waals surface area contributed by atoms with E-state index in [9.17, 15) is 12.8 Å². The van der Waals surface area contributed by atoms with Gasteiger partial charge in [-0.2, -0.15) is 4.31 Å². The molecule has 2 aliphatic heterocycles. The van der Waals surface area contributed by atoms with E-state index in [-0.39, 0.29) is 10.8 Å². The van der Waals surface area contributed by atoms with Crippen LogP contribution in [0.1, 0.15) is 19.3 Å². The Morgan fingerprint density at radius 1 is 1.17 bits per heavy atom. The minimum atomic E-state index is -3.58. The Labute approximate surface area is 141 Å². The second kappa shape index (κ2) is 6.05. The third-order valence-corrected chi connectivity index (χ3v) is 7.11. The molecule has 1 atom stereocenters. The first-order valence-electron chi connectivity index (χ1n) is 8.47. The molecule has 1 aliphatic carbocycles. The second-order valence-electron chi connectivity index (χ2n) is 7.11. The van der Waals surface area contributed by atoms with Crippen molar-refractivity contribution in [2.45, 2.75) is 29.8 Å². The molecule has 2 saturated heterocycles. The number of hydrogen-bond donors (Lipinski definition) is 0. The van der Waals surface area contributed by atoms with E-state index in [0.29, 0.717) is 26.3 Å². The van der Waals surface area contributed by atoms with Gasteiger partial charge >= 0.3 is 0 Å². The molecule has 0 amide bonds. The summed E-state index contributed by atoms with van der Waals surface area (Å²) in [5, 5.41) is 0. The maximum Gasteiger partial charge on any atom is 0.243 e. The molecule has 1 spiro atoms. The molecule has 3 aliphatic rings. The Kier molecular flexibility index (Phi) is 4.15. The SMILES string of the molecule is O=S(=O)(c1ccc(F)cc1)N1CC2(C1)OCC[C@@H]2COCC1CC1. The van der Waals surface area contributed by atoms with E-state index < -0.39 is 21.4 Å². The summed E-state index contributed by atoms with van der Waals surface area (Å²) in [6, 6.07) is 4.95. The Balaban J connectivity index is 1.39. The van der Waals surface area contributed by atoms with Crippen molar-refractivity contribution < 1.29 is 22.3 Å². The molecule has 0 aromatic heterocycles. The molecule has 0 N–H and O–H groups in total. The highest BCUT2D eigenvalue weighted by Crippen LogP contribution is 2.42. The van der Waals surface area contributed by atoms with E-state index in [1.807, 2.05) is 0 Å². The highest BCUT2D eigenvalue weighted by atomic mass is 32.2. The van der Waals surface area contributed by atoms with E-state index in [4.69, 9.17) is 9.47 Å². The van der Waals surface area contributed by atoms with Crippen LogP contribution in [0.2, 0.25) is 0 Å². The number of ether oxygens (including phenoxy) is 2. The fourth-order valence-electron chi connectivity index (χ4n) is 3.51. The fourth-order valence-corrected chi connectivity index (χ4v) is 5.06. The normalized spacial score (nSPS) is 26.6. The average Bonchev–Trinajstić information content (AvgIpc) is 3.23. The maximum atomic E-state index is 13.0. The van der Waals surface area contributed by atoms with Crippen LogP contribution in [-0.2, 0) is 19.5 Å². The van der Waals surface area contributed by atoms with Gasteiger partial charge in [0, 0.05) is 32.2 Å². The first-order chi connectivity index (χ1) is 11.5. The van der Waals surface area contributed by atoms with Crippen LogP contribution in [0.5, 0.6) is 0 Å². The van der Waals surface area contributed by atoms with Gasteiger partial charge in [0.2, 0.25) is 10.0 Å². The predicted octanol–water partition coefficient (Wildman–Crippen LogP) is 2.03. The zero-order valence-electron chi connectivity index (χ0n) is 13.5. The lowest BCUT2D eigenvalue weighted by Crippen LogP contribution is -2.66. The standard InChI is InChI=1S/C17H22FNO4S/c18-15-3-5-16(6-4-15)24(20,21)19-11-17(12-19)14(7-8-23-17)10-22-9-13-1-2-13/h3-6,13-14H,1-2,7-12H2/t14-/m1/s1. The molecular weight excluding hydrogens is 333 g/mol. The first kappa shape index (κ1) is 16.4. The molecule has 0 bridgehead atoms. The van der Waals surface area contributed by atoms with E-state index in [1.54, 1.807) is 0 Å². The van der Waals surface area contributed by atoms with Gasteiger partial charge in [-0.1, -0.05) is 0 Å². The second-order valence-corrected chi connectivity index (χ2v) is 9.04. The van der Waals surface area contributed by atoms with Crippen LogP contribution < -0.4 is 0 Å². The van der Waals surface area contributed by atoms with Gasteiger partial charge in [-0.3, -0.25) is 0 Å². The topological polar surface area (TPSA) is 55.8 Å². The first-order valence-corrected chi connectivity index (χ1v) is 9.91. The zero-order valence-corrected chi connectivity index (χ0v) is 14.3. The number of benzene rings is 1. The molecule has 132 valence electrons. The summed E-state index contributed by atoms with van der Waals surface area (Å²) in [7, 11) is -3.58. The molecule has 2 heterocycles. The number of sulfonamides is 1. The summed E-state index contributed by atoms with van der Waals surface area (Å²) < 4.78 is 51.3. The van der Waals surface area contributed by atoms with Crippen molar-refractivity contribution in [1.29, 1.82) is 0 Å². The minimum Gasteiger partial charge on any atom is -0.381 e. The summed E-state index contributed by atoms with van der Waals surface area (Å²) >= 11 is 0. The van der Waals surface area contributed by atoms with Crippen molar-refractivity contribution in [1.82, 2.24) is 4.31 Å². The molecule has 1 aromatic carbocycles. The average molecular weight is 355 g/mol. The van der Waals surface area contributed by atoms with E-state index in [0.717, 1.165) is 18.9 Å². The Bertz CT molecular complexity index is 696. The highest BCUT2D eigenvalue weighted by Gasteiger charge is 2.56. The van der Waals surface area contributed by atoms with Crippen molar-refractivity contribution >= 4 is 10.0 Å². The molecule has 1 aromatic rings. The van der Waals surface area contributed by atoms with Gasteiger partial charge in [0.05, 0.1) is 11.5 Å². The number of hydrogen-bond acceptors (Lipinski definition) is 4. The lowest BCUT2D eigenvalue weighted by atomic mass is 9.83. The molecule has 0 radical (unpaired) electrons. The molecule has 5 nitrogen and oxygen atoms in total. The molecule has 1 saturated carbocycles. The van der Waals surface area contributed by atoms with Crippen LogP contribution in [0.3, 0.4) is 0 Å².